The van der Waals surface area contributed by atoms with E-state index in [1.54, 1.807) is 16.8 Å². The number of hydrogen-bond donors (Lipinski definition) is 2. The maximum absolute atomic E-state index is 12.8. The van der Waals surface area contributed by atoms with E-state index in [0.29, 0.717) is 33.9 Å². The molecule has 4 aromatic rings. The number of amides is 1. The summed E-state index contributed by atoms with van der Waals surface area (Å²) in [5, 5.41) is 24.8. The minimum absolute atomic E-state index is 0.0944. The molecule has 36 heavy (non-hydrogen) atoms. The zero-order valence-electron chi connectivity index (χ0n) is 18.9. The molecule has 0 atom stereocenters. The summed E-state index contributed by atoms with van der Waals surface area (Å²) in [7, 11) is 0. The second-order valence-corrected chi connectivity index (χ2v) is 8.55. The van der Waals surface area contributed by atoms with Gasteiger partial charge in [-0.25, -0.2) is 22.8 Å². The molecule has 3 N–H and O–H groups in total. The molecule has 5 rings (SSSR count). The molecule has 0 radical (unpaired) electrons. The van der Waals surface area contributed by atoms with Gasteiger partial charge in [0.05, 0.1) is 41.5 Å². The van der Waals surface area contributed by atoms with Crippen molar-refractivity contribution in [2.24, 2.45) is 11.7 Å². The topological polar surface area (TPSA) is 149 Å². The average Bonchev–Trinajstić information content (AvgIpc) is 3.46. The van der Waals surface area contributed by atoms with Gasteiger partial charge >= 0.3 is 6.09 Å². The number of carbonyl (C=O) groups excluding carboxylic acids is 1. The molecule has 13 heteroatoms. The number of nitrogens with zero attached hydrogens (tertiary/aromatic N) is 7. The van der Waals surface area contributed by atoms with Crippen molar-refractivity contribution in [3.05, 3.63) is 48.4 Å². The Morgan fingerprint density at radius 3 is 2.86 bits per heavy atom. The molecular formula is C23H21F2N9O2. The van der Waals surface area contributed by atoms with E-state index in [1.807, 2.05) is 18.2 Å². The number of fused-ring (bicyclic) bond motifs is 1. The van der Waals surface area contributed by atoms with Crippen molar-refractivity contribution < 1.29 is 18.3 Å². The lowest BCUT2D eigenvalue weighted by molar-refractivity contribution is 0.106. The molecule has 0 bridgehead atoms. The Kier molecular flexibility index (Phi) is 6.16. The number of halogens is 2. The van der Waals surface area contributed by atoms with Gasteiger partial charge in [0.1, 0.15) is 18.3 Å². The first-order chi connectivity index (χ1) is 17.4. The fourth-order valence-corrected chi connectivity index (χ4v) is 4.24. The van der Waals surface area contributed by atoms with Crippen LogP contribution in [0.4, 0.5) is 19.3 Å². The zero-order valence-corrected chi connectivity index (χ0v) is 18.9. The van der Waals surface area contributed by atoms with Crippen LogP contribution in [0.1, 0.15) is 18.4 Å². The number of pyridine rings is 1. The van der Waals surface area contributed by atoms with Crippen LogP contribution in [-0.4, -0.2) is 54.8 Å². The van der Waals surface area contributed by atoms with E-state index in [4.69, 9.17) is 15.7 Å². The summed E-state index contributed by atoms with van der Waals surface area (Å²) in [5.41, 5.74) is 9.28. The highest BCUT2D eigenvalue weighted by atomic mass is 19.3. The number of nitriles is 1. The second kappa shape index (κ2) is 9.57. The molecule has 0 unspecified atom stereocenters. The Morgan fingerprint density at radius 1 is 1.28 bits per heavy atom. The fraction of sp³-hybridized carbons (Fsp3) is 0.304. The maximum atomic E-state index is 12.8. The van der Waals surface area contributed by atoms with Crippen LogP contribution in [0, 0.1) is 17.2 Å². The predicted molar refractivity (Wildman–Crippen MR) is 124 cm³/mol. The summed E-state index contributed by atoms with van der Waals surface area (Å²) < 4.78 is 33.3. The van der Waals surface area contributed by atoms with Crippen LogP contribution < -0.4 is 11.1 Å². The third-order valence-corrected chi connectivity index (χ3v) is 5.99. The van der Waals surface area contributed by atoms with Crippen molar-refractivity contribution in [2.75, 3.05) is 11.9 Å². The number of primary amides is 1. The summed E-state index contributed by atoms with van der Waals surface area (Å²) in [6.45, 7) is -0.297. The first kappa shape index (κ1) is 23.2. The first-order valence-electron chi connectivity index (χ1n) is 11.2. The molecule has 1 saturated carbocycles. The largest absolute Gasteiger partial charge is 0.449 e. The molecule has 1 fully saturated rings. The van der Waals surface area contributed by atoms with Gasteiger partial charge in [0.2, 0.25) is 0 Å². The highest BCUT2D eigenvalue weighted by Gasteiger charge is 2.31. The fourth-order valence-electron chi connectivity index (χ4n) is 4.24. The number of hydrogen-bond acceptors (Lipinski definition) is 8. The molecule has 0 aliphatic heterocycles. The zero-order chi connectivity index (χ0) is 25.2. The monoisotopic (exact) mass is 493 g/mol. The van der Waals surface area contributed by atoms with Gasteiger partial charge < -0.3 is 15.8 Å². The van der Waals surface area contributed by atoms with Gasteiger partial charge in [-0.1, -0.05) is 5.21 Å². The van der Waals surface area contributed by atoms with Crippen LogP contribution in [-0.2, 0) is 11.3 Å². The van der Waals surface area contributed by atoms with Gasteiger partial charge in [0, 0.05) is 23.5 Å². The molecule has 1 aliphatic carbocycles. The van der Waals surface area contributed by atoms with Crippen molar-refractivity contribution in [1.82, 2.24) is 29.6 Å². The van der Waals surface area contributed by atoms with Crippen molar-refractivity contribution in [1.29, 1.82) is 5.26 Å². The summed E-state index contributed by atoms with van der Waals surface area (Å²) >= 11 is 0. The molecule has 184 valence electrons. The number of rotatable bonds is 8. The number of ether oxygens (including phenoxy) is 1. The van der Waals surface area contributed by atoms with Crippen molar-refractivity contribution >= 4 is 17.3 Å². The van der Waals surface area contributed by atoms with Crippen LogP contribution in [0.2, 0.25) is 0 Å². The standard InChI is InChI=1S/C23H21F2N9O2/c24-22(25)11-33-10-20(31-32-33)17-9-28-19(21-2-1-16-5-14(7-26)8-29-34(16)21)6-18(17)30-15-3-13(4-15)12-36-23(27)35/h1-2,5-6,8-10,13,15,22H,3-4,11-12H2,(H2,27,35)(H,28,30). The molecule has 4 aromatic heterocycles. The number of anilines is 1. The third-order valence-electron chi connectivity index (χ3n) is 5.99. The van der Waals surface area contributed by atoms with Gasteiger partial charge in [-0.05, 0) is 43.0 Å². The Hall–Kier alpha value is -4.60. The number of aromatic nitrogens is 6. The predicted octanol–water partition coefficient (Wildman–Crippen LogP) is 3.08. The van der Waals surface area contributed by atoms with E-state index in [2.05, 4.69) is 31.8 Å². The number of alkyl halides is 2. The molecule has 0 spiro atoms. The lowest BCUT2D eigenvalue weighted by atomic mass is 9.80. The number of nitrogens with one attached hydrogen (secondary N) is 1. The van der Waals surface area contributed by atoms with E-state index < -0.39 is 19.1 Å². The average molecular weight is 493 g/mol. The molecule has 1 aliphatic rings. The maximum Gasteiger partial charge on any atom is 0.404 e. The van der Waals surface area contributed by atoms with Gasteiger partial charge in [-0.2, -0.15) is 10.4 Å². The first-order valence-corrected chi connectivity index (χ1v) is 11.2. The van der Waals surface area contributed by atoms with E-state index in [0.717, 1.165) is 23.0 Å². The van der Waals surface area contributed by atoms with Crippen LogP contribution >= 0.6 is 0 Å². The van der Waals surface area contributed by atoms with Crippen LogP contribution in [0.15, 0.2) is 42.9 Å². The van der Waals surface area contributed by atoms with Crippen LogP contribution in [0.5, 0.6) is 0 Å². The smallest absolute Gasteiger partial charge is 0.404 e. The summed E-state index contributed by atoms with van der Waals surface area (Å²) in [4.78, 5) is 15.4. The molecule has 11 nitrogen and oxygen atoms in total. The number of nitrogens with two attached hydrogens (primary N) is 1. The van der Waals surface area contributed by atoms with Crippen LogP contribution in [0.25, 0.3) is 28.2 Å². The van der Waals surface area contributed by atoms with E-state index in [-0.39, 0.29) is 18.6 Å². The lowest BCUT2D eigenvalue weighted by Gasteiger charge is -2.36. The Bertz CT molecular complexity index is 1450. The number of carbonyl (C=O) groups is 1. The van der Waals surface area contributed by atoms with Crippen molar-refractivity contribution in [2.45, 2.75) is 31.9 Å². The normalized spacial score (nSPS) is 17.1. The highest BCUT2D eigenvalue weighted by molar-refractivity contribution is 5.79. The van der Waals surface area contributed by atoms with Crippen molar-refractivity contribution in [3.8, 4) is 28.7 Å². The Labute approximate surface area is 203 Å². The molecule has 0 saturated heterocycles. The van der Waals surface area contributed by atoms with Gasteiger partial charge in [0.25, 0.3) is 6.43 Å². The van der Waals surface area contributed by atoms with E-state index >= 15 is 0 Å². The summed E-state index contributed by atoms with van der Waals surface area (Å²) in [5.74, 6) is 0.194. The Morgan fingerprint density at radius 2 is 2.11 bits per heavy atom. The minimum Gasteiger partial charge on any atom is -0.449 e. The third kappa shape index (κ3) is 4.78. The molecule has 4 heterocycles. The summed E-state index contributed by atoms with van der Waals surface area (Å²) in [6, 6.07) is 9.44. The van der Waals surface area contributed by atoms with Gasteiger partial charge in [0.15, 0.2) is 0 Å². The minimum atomic E-state index is -2.55. The lowest BCUT2D eigenvalue weighted by Crippen LogP contribution is -2.38. The summed E-state index contributed by atoms with van der Waals surface area (Å²) in [6.07, 6.45) is 2.72. The van der Waals surface area contributed by atoms with Crippen molar-refractivity contribution in [3.63, 3.8) is 0 Å². The molecular weight excluding hydrogens is 472 g/mol. The quantitative estimate of drug-likeness (QED) is 0.380. The van der Waals surface area contributed by atoms with E-state index in [9.17, 15) is 13.6 Å². The highest BCUT2D eigenvalue weighted by Crippen LogP contribution is 2.35. The molecule has 1 amide bonds. The van der Waals surface area contributed by atoms with Crippen LogP contribution in [0.3, 0.4) is 0 Å². The molecule has 0 aromatic carbocycles. The Balaban J connectivity index is 1.45. The van der Waals surface area contributed by atoms with E-state index in [1.165, 1.54) is 12.4 Å². The van der Waals surface area contributed by atoms with Gasteiger partial charge in [-0.3, -0.25) is 4.98 Å². The second-order valence-electron chi connectivity index (χ2n) is 8.55. The van der Waals surface area contributed by atoms with Gasteiger partial charge in [-0.15, -0.1) is 5.10 Å². The SMILES string of the molecule is N#Cc1cnn2c(-c3cc(NC4CC(COC(N)=O)C4)c(-c4cn(CC(F)F)nn4)cn3)ccc2c1.